The Morgan fingerprint density at radius 3 is 2.13 bits per heavy atom. The maximum absolute atomic E-state index is 12.5. The molecule has 0 fully saturated rings. The summed E-state index contributed by atoms with van der Waals surface area (Å²) >= 11 is 0. The molecule has 1 heterocycles. The van der Waals surface area contributed by atoms with Crippen molar-refractivity contribution in [3.63, 3.8) is 0 Å². The zero-order valence-electron chi connectivity index (χ0n) is 17.8. The average molecular weight is 432 g/mol. The highest BCUT2D eigenvalue weighted by molar-refractivity contribution is 5.79. The third kappa shape index (κ3) is 11.3. The Bertz CT molecular complexity index is 672. The standard InChI is InChI=1S/C19H31F3N6O2/c1-18(2,3)30-17(29)27-12-6-11-26-16(23-4)25-10-5-9-24-15-8-7-14(13-28-15)19(20,21)22/h7-8,13H,5-6,9-12H2,1-4H3,(H,24,28)(H,27,29)(H2,23,25,26). The third-order valence-electron chi connectivity index (χ3n) is 3.58. The van der Waals surface area contributed by atoms with Gasteiger partial charge in [0.2, 0.25) is 0 Å². The Hall–Kier alpha value is -2.72. The molecular weight excluding hydrogens is 401 g/mol. The quantitative estimate of drug-likeness (QED) is 0.272. The van der Waals surface area contributed by atoms with Gasteiger partial charge in [0.05, 0.1) is 5.56 Å². The number of amides is 1. The summed E-state index contributed by atoms with van der Waals surface area (Å²) in [7, 11) is 1.65. The second-order valence-corrected chi connectivity index (χ2v) is 7.42. The molecule has 0 aliphatic heterocycles. The molecule has 0 unspecified atom stereocenters. The molecule has 0 bridgehead atoms. The van der Waals surface area contributed by atoms with Gasteiger partial charge >= 0.3 is 12.3 Å². The number of ether oxygens (including phenoxy) is 1. The molecule has 0 saturated heterocycles. The molecule has 0 aliphatic rings. The van der Waals surface area contributed by atoms with Gasteiger partial charge in [-0.25, -0.2) is 9.78 Å². The molecule has 30 heavy (non-hydrogen) atoms. The van der Waals surface area contributed by atoms with Crippen LogP contribution in [0.15, 0.2) is 23.3 Å². The smallest absolute Gasteiger partial charge is 0.417 e. The zero-order valence-corrected chi connectivity index (χ0v) is 17.8. The van der Waals surface area contributed by atoms with Gasteiger partial charge in [0.1, 0.15) is 11.4 Å². The van der Waals surface area contributed by atoms with Gasteiger partial charge in [0.15, 0.2) is 5.96 Å². The van der Waals surface area contributed by atoms with Crippen LogP contribution in [0, 0.1) is 0 Å². The number of carbonyl (C=O) groups excluding carboxylic acids is 1. The first-order valence-electron chi connectivity index (χ1n) is 9.70. The Kier molecular flexibility index (Phi) is 10.2. The first kappa shape index (κ1) is 25.3. The van der Waals surface area contributed by atoms with E-state index in [1.807, 2.05) is 0 Å². The number of alkyl carbamates (subject to hydrolysis) is 1. The van der Waals surface area contributed by atoms with E-state index < -0.39 is 23.4 Å². The van der Waals surface area contributed by atoms with Gasteiger partial charge in [-0.3, -0.25) is 4.99 Å². The van der Waals surface area contributed by atoms with Gasteiger partial charge in [0.25, 0.3) is 0 Å². The SMILES string of the molecule is CN=C(NCCCNC(=O)OC(C)(C)C)NCCCNc1ccc(C(F)(F)F)cn1. The van der Waals surface area contributed by atoms with Crippen LogP contribution >= 0.6 is 0 Å². The molecule has 0 saturated carbocycles. The molecule has 1 rings (SSSR count). The second kappa shape index (κ2) is 12.1. The molecule has 0 atom stereocenters. The number of hydrogen-bond acceptors (Lipinski definition) is 5. The highest BCUT2D eigenvalue weighted by Gasteiger charge is 2.30. The van der Waals surface area contributed by atoms with Gasteiger partial charge in [-0.05, 0) is 45.7 Å². The lowest BCUT2D eigenvalue weighted by Gasteiger charge is -2.19. The number of aromatic nitrogens is 1. The molecule has 8 nitrogen and oxygen atoms in total. The molecule has 0 spiro atoms. The van der Waals surface area contributed by atoms with E-state index in [-0.39, 0.29) is 0 Å². The van der Waals surface area contributed by atoms with E-state index in [2.05, 4.69) is 31.2 Å². The molecular formula is C19H31F3N6O2. The number of nitrogens with zero attached hydrogens (tertiary/aromatic N) is 2. The Labute approximate surface area is 175 Å². The van der Waals surface area contributed by atoms with Crippen molar-refractivity contribution in [3.8, 4) is 0 Å². The third-order valence-corrected chi connectivity index (χ3v) is 3.58. The summed E-state index contributed by atoms with van der Waals surface area (Å²) in [6.45, 7) is 7.66. The molecule has 170 valence electrons. The van der Waals surface area contributed by atoms with E-state index in [1.54, 1.807) is 27.8 Å². The van der Waals surface area contributed by atoms with Crippen molar-refractivity contribution in [2.75, 3.05) is 38.5 Å². The van der Waals surface area contributed by atoms with Gasteiger partial charge in [-0.1, -0.05) is 0 Å². The Morgan fingerprint density at radius 1 is 1.03 bits per heavy atom. The van der Waals surface area contributed by atoms with Crippen LogP contribution in [0.1, 0.15) is 39.2 Å². The summed E-state index contributed by atoms with van der Waals surface area (Å²) in [4.78, 5) is 19.4. The summed E-state index contributed by atoms with van der Waals surface area (Å²) in [5.41, 5.74) is -1.29. The Morgan fingerprint density at radius 2 is 1.63 bits per heavy atom. The lowest BCUT2D eigenvalue weighted by Crippen LogP contribution is -2.40. The molecule has 0 aliphatic carbocycles. The molecule has 0 aromatic carbocycles. The van der Waals surface area contributed by atoms with Crippen molar-refractivity contribution >= 4 is 17.9 Å². The van der Waals surface area contributed by atoms with Crippen LogP contribution in [0.3, 0.4) is 0 Å². The average Bonchev–Trinajstić information content (AvgIpc) is 2.64. The van der Waals surface area contributed by atoms with Crippen molar-refractivity contribution < 1.29 is 22.7 Å². The fourth-order valence-corrected chi connectivity index (χ4v) is 2.20. The van der Waals surface area contributed by atoms with Crippen LogP contribution in [-0.2, 0) is 10.9 Å². The van der Waals surface area contributed by atoms with Crippen LogP contribution in [0.25, 0.3) is 0 Å². The second-order valence-electron chi connectivity index (χ2n) is 7.42. The largest absolute Gasteiger partial charge is 0.444 e. The normalized spacial score (nSPS) is 12.3. The zero-order chi connectivity index (χ0) is 22.6. The lowest BCUT2D eigenvalue weighted by molar-refractivity contribution is -0.137. The number of hydrogen-bond donors (Lipinski definition) is 4. The number of rotatable bonds is 9. The molecule has 4 N–H and O–H groups in total. The summed E-state index contributed by atoms with van der Waals surface area (Å²) in [6, 6.07) is 2.30. The van der Waals surface area contributed by atoms with Gasteiger partial charge < -0.3 is 26.0 Å². The van der Waals surface area contributed by atoms with Crippen LogP contribution in [0.5, 0.6) is 0 Å². The van der Waals surface area contributed by atoms with Crippen molar-refractivity contribution in [1.82, 2.24) is 20.9 Å². The molecule has 1 amide bonds. The summed E-state index contributed by atoms with van der Waals surface area (Å²) in [6.07, 6.45) is -2.61. The number of alkyl halides is 3. The fraction of sp³-hybridized carbons (Fsp3) is 0.632. The maximum Gasteiger partial charge on any atom is 0.417 e. The minimum absolute atomic E-state index is 0.392. The predicted molar refractivity (Wildman–Crippen MR) is 111 cm³/mol. The van der Waals surface area contributed by atoms with Crippen molar-refractivity contribution in [1.29, 1.82) is 0 Å². The summed E-state index contributed by atoms with van der Waals surface area (Å²) in [5, 5.41) is 11.9. The van der Waals surface area contributed by atoms with E-state index >= 15 is 0 Å². The van der Waals surface area contributed by atoms with Gasteiger partial charge in [-0.15, -0.1) is 0 Å². The lowest BCUT2D eigenvalue weighted by atomic mass is 10.2. The topological polar surface area (TPSA) is 99.7 Å². The fourth-order valence-electron chi connectivity index (χ4n) is 2.20. The monoisotopic (exact) mass is 432 g/mol. The number of pyridine rings is 1. The van der Waals surface area contributed by atoms with E-state index in [0.717, 1.165) is 12.3 Å². The maximum atomic E-state index is 12.5. The minimum atomic E-state index is -4.38. The minimum Gasteiger partial charge on any atom is -0.444 e. The summed E-state index contributed by atoms with van der Waals surface area (Å²) < 4.78 is 42.6. The summed E-state index contributed by atoms with van der Waals surface area (Å²) in [5.74, 6) is 1.02. The predicted octanol–water partition coefficient (Wildman–Crippen LogP) is 2.98. The number of nitrogens with one attached hydrogen (secondary N) is 4. The molecule has 11 heteroatoms. The van der Waals surface area contributed by atoms with E-state index in [4.69, 9.17) is 4.74 Å². The molecule has 0 radical (unpaired) electrons. The van der Waals surface area contributed by atoms with Crippen molar-refractivity contribution in [2.45, 2.75) is 45.4 Å². The molecule has 1 aromatic heterocycles. The van der Waals surface area contributed by atoms with E-state index in [9.17, 15) is 18.0 Å². The van der Waals surface area contributed by atoms with Gasteiger partial charge in [0, 0.05) is 39.4 Å². The highest BCUT2D eigenvalue weighted by atomic mass is 19.4. The van der Waals surface area contributed by atoms with Crippen LogP contribution < -0.4 is 21.3 Å². The van der Waals surface area contributed by atoms with E-state index in [0.29, 0.717) is 50.8 Å². The van der Waals surface area contributed by atoms with Crippen LogP contribution in [0.2, 0.25) is 0 Å². The number of guanidine groups is 1. The Balaban J connectivity index is 2.13. The molecule has 1 aromatic rings. The first-order chi connectivity index (χ1) is 14.0. The van der Waals surface area contributed by atoms with Crippen LogP contribution in [0.4, 0.5) is 23.8 Å². The van der Waals surface area contributed by atoms with Gasteiger partial charge in [-0.2, -0.15) is 13.2 Å². The van der Waals surface area contributed by atoms with Crippen molar-refractivity contribution in [2.24, 2.45) is 4.99 Å². The number of anilines is 1. The van der Waals surface area contributed by atoms with Crippen molar-refractivity contribution in [3.05, 3.63) is 23.9 Å². The number of carbonyl (C=O) groups is 1. The van der Waals surface area contributed by atoms with E-state index in [1.165, 1.54) is 6.07 Å². The van der Waals surface area contributed by atoms with Crippen LogP contribution in [-0.4, -0.2) is 55.9 Å². The highest BCUT2D eigenvalue weighted by Crippen LogP contribution is 2.28. The number of aliphatic imine (C=N–C) groups is 1. The first-order valence-corrected chi connectivity index (χ1v) is 9.70. The number of halogens is 3.